The van der Waals surface area contributed by atoms with Gasteiger partial charge < -0.3 is 5.32 Å². The highest BCUT2D eigenvalue weighted by molar-refractivity contribution is 7.17. The van der Waals surface area contributed by atoms with Crippen molar-refractivity contribution in [1.29, 1.82) is 0 Å². The van der Waals surface area contributed by atoms with Crippen molar-refractivity contribution < 1.29 is 4.79 Å². The van der Waals surface area contributed by atoms with E-state index < -0.39 is 0 Å². The molecule has 0 aliphatic heterocycles. The van der Waals surface area contributed by atoms with Gasteiger partial charge in [0.1, 0.15) is 0 Å². The maximum atomic E-state index is 12.0. The van der Waals surface area contributed by atoms with Gasteiger partial charge in [-0.2, -0.15) is 0 Å². The highest BCUT2D eigenvalue weighted by Gasteiger charge is 2.14. The summed E-state index contributed by atoms with van der Waals surface area (Å²) >= 11 is 12.7. The van der Waals surface area contributed by atoms with Crippen molar-refractivity contribution in [1.82, 2.24) is 15.2 Å². The molecule has 20 heavy (non-hydrogen) atoms. The molecule has 1 aromatic carbocycles. The number of hydrogen-bond acceptors (Lipinski definition) is 5. The van der Waals surface area contributed by atoms with Crippen molar-refractivity contribution in [2.75, 3.05) is 5.32 Å². The Morgan fingerprint density at radius 2 is 2.05 bits per heavy atom. The van der Waals surface area contributed by atoms with E-state index in [2.05, 4.69) is 20.5 Å². The number of nitrogens with one attached hydrogen (secondary N) is 1. The highest BCUT2D eigenvalue weighted by Crippen LogP contribution is 2.28. The van der Waals surface area contributed by atoms with Crippen LogP contribution in [0.15, 0.2) is 30.5 Å². The summed E-state index contributed by atoms with van der Waals surface area (Å²) in [4.78, 5) is 16.2. The van der Waals surface area contributed by atoms with Gasteiger partial charge in [0, 0.05) is 11.6 Å². The number of carbonyl (C=O) groups is 1. The molecule has 0 spiro atoms. The molecule has 0 unspecified atom stereocenters. The van der Waals surface area contributed by atoms with Gasteiger partial charge >= 0.3 is 0 Å². The highest BCUT2D eigenvalue weighted by atomic mass is 35.5. The molecule has 1 N–H and O–H groups in total. The molecule has 1 amide bonds. The van der Waals surface area contributed by atoms with Gasteiger partial charge in [-0.05, 0) is 35.9 Å². The average molecular weight is 325 g/mol. The first kappa shape index (κ1) is 13.2. The van der Waals surface area contributed by atoms with Crippen molar-refractivity contribution >= 4 is 57.0 Å². The molecule has 5 nitrogen and oxygen atoms in total. The molecule has 0 saturated carbocycles. The lowest BCUT2D eigenvalue weighted by molar-refractivity contribution is 0.102. The third-order valence-electron chi connectivity index (χ3n) is 2.56. The summed E-state index contributed by atoms with van der Waals surface area (Å²) in [6, 6.07) is 7.00. The van der Waals surface area contributed by atoms with Crippen LogP contribution >= 0.6 is 34.5 Å². The number of halogens is 2. The molecule has 3 rings (SSSR count). The number of carbonyl (C=O) groups excluding carboxylic acids is 1. The van der Waals surface area contributed by atoms with Crippen LogP contribution < -0.4 is 5.32 Å². The average Bonchev–Trinajstić information content (AvgIpc) is 2.89. The van der Waals surface area contributed by atoms with Crippen LogP contribution in [0.1, 0.15) is 9.80 Å². The van der Waals surface area contributed by atoms with Crippen LogP contribution in [-0.4, -0.2) is 21.1 Å². The predicted octanol–water partition coefficient (Wildman–Crippen LogP) is 3.65. The van der Waals surface area contributed by atoms with Crippen LogP contribution in [0.5, 0.6) is 0 Å². The minimum atomic E-state index is -0.373. The van der Waals surface area contributed by atoms with E-state index >= 15 is 0 Å². The zero-order chi connectivity index (χ0) is 14.1. The van der Waals surface area contributed by atoms with Crippen LogP contribution in [0.25, 0.3) is 10.9 Å². The first-order valence-electron chi connectivity index (χ1n) is 5.49. The summed E-state index contributed by atoms with van der Waals surface area (Å²) in [5.74, 6) is -0.373. The Morgan fingerprint density at radius 3 is 2.80 bits per heavy atom. The molecular formula is C12H6Cl2N4OS. The normalized spacial score (nSPS) is 10.7. The number of anilines is 1. The molecule has 3 aromatic rings. The molecule has 0 atom stereocenters. The zero-order valence-electron chi connectivity index (χ0n) is 9.80. The van der Waals surface area contributed by atoms with Gasteiger partial charge in [0.2, 0.25) is 9.47 Å². The number of amides is 1. The van der Waals surface area contributed by atoms with Crippen molar-refractivity contribution in [3.05, 3.63) is 45.0 Å². The van der Waals surface area contributed by atoms with Crippen LogP contribution in [0, 0.1) is 0 Å². The summed E-state index contributed by atoms with van der Waals surface area (Å²) in [6.45, 7) is 0. The molecule has 2 aromatic heterocycles. The Bertz CT molecular complexity index is 805. The van der Waals surface area contributed by atoms with Crippen molar-refractivity contribution in [2.24, 2.45) is 0 Å². The largest absolute Gasteiger partial charge is 0.319 e. The second-order valence-electron chi connectivity index (χ2n) is 3.81. The van der Waals surface area contributed by atoms with Gasteiger partial charge in [-0.25, -0.2) is 0 Å². The summed E-state index contributed by atoms with van der Waals surface area (Å²) in [7, 11) is 0. The minimum absolute atomic E-state index is 0.196. The van der Waals surface area contributed by atoms with Crippen LogP contribution in [0.4, 0.5) is 5.69 Å². The number of benzene rings is 1. The lowest BCUT2D eigenvalue weighted by Crippen LogP contribution is -2.12. The molecule has 0 aliphatic rings. The Hall–Kier alpha value is -1.76. The number of hydrogen-bond donors (Lipinski definition) is 1. The van der Waals surface area contributed by atoms with Crippen molar-refractivity contribution in [3.8, 4) is 0 Å². The minimum Gasteiger partial charge on any atom is -0.319 e. The van der Waals surface area contributed by atoms with Gasteiger partial charge in [0.15, 0.2) is 0 Å². The van der Waals surface area contributed by atoms with Gasteiger partial charge in [0.25, 0.3) is 5.91 Å². The fourth-order valence-corrected chi connectivity index (χ4v) is 2.66. The number of rotatable bonds is 2. The summed E-state index contributed by atoms with van der Waals surface area (Å²) < 4.78 is 0.220. The first-order valence-corrected chi connectivity index (χ1v) is 7.06. The molecule has 100 valence electrons. The lowest BCUT2D eigenvalue weighted by Gasteiger charge is -2.07. The lowest BCUT2D eigenvalue weighted by atomic mass is 10.2. The maximum absolute atomic E-state index is 12.0. The van der Waals surface area contributed by atoms with E-state index in [9.17, 15) is 4.79 Å². The molecule has 0 radical (unpaired) electrons. The fourth-order valence-electron chi connectivity index (χ4n) is 1.72. The van der Waals surface area contributed by atoms with Crippen LogP contribution in [0.3, 0.4) is 0 Å². The Balaban J connectivity index is 1.99. The van der Waals surface area contributed by atoms with E-state index in [1.807, 2.05) is 6.07 Å². The summed E-state index contributed by atoms with van der Waals surface area (Å²) in [6.07, 6.45) is 1.64. The molecule has 8 heteroatoms. The maximum Gasteiger partial charge on any atom is 0.286 e. The topological polar surface area (TPSA) is 67.8 Å². The van der Waals surface area contributed by atoms with Crippen molar-refractivity contribution in [2.45, 2.75) is 0 Å². The smallest absolute Gasteiger partial charge is 0.286 e. The number of nitrogens with zero attached hydrogens (tertiary/aromatic N) is 3. The monoisotopic (exact) mass is 324 g/mol. The number of fused-ring (bicyclic) bond motifs is 1. The Morgan fingerprint density at radius 1 is 1.20 bits per heavy atom. The van der Waals surface area contributed by atoms with E-state index in [1.54, 1.807) is 24.4 Å². The Labute approximate surface area is 127 Å². The predicted molar refractivity (Wildman–Crippen MR) is 79.6 cm³/mol. The van der Waals surface area contributed by atoms with Gasteiger partial charge in [0.05, 0.1) is 16.2 Å². The molecule has 0 saturated heterocycles. The molecule has 0 fully saturated rings. The second kappa shape index (κ2) is 5.32. The zero-order valence-corrected chi connectivity index (χ0v) is 12.1. The fraction of sp³-hybridized carbons (Fsp3) is 0. The van der Waals surface area contributed by atoms with E-state index in [0.717, 1.165) is 16.7 Å². The van der Waals surface area contributed by atoms with E-state index in [4.69, 9.17) is 23.2 Å². The third kappa shape index (κ3) is 2.45. The van der Waals surface area contributed by atoms with E-state index in [0.29, 0.717) is 16.2 Å². The van der Waals surface area contributed by atoms with Gasteiger partial charge in [-0.15, -0.1) is 10.2 Å². The second-order valence-corrected chi connectivity index (χ2v) is 5.78. The summed E-state index contributed by atoms with van der Waals surface area (Å²) in [5.41, 5.74) is 1.23. The molecule has 2 heterocycles. The SMILES string of the molecule is O=C(Nc1ccc(Cl)c2ncccc12)c1nnc(Cl)s1. The first-order chi connectivity index (χ1) is 9.65. The number of aromatic nitrogens is 3. The molecular weight excluding hydrogens is 319 g/mol. The van der Waals surface area contributed by atoms with E-state index in [-0.39, 0.29) is 15.4 Å². The van der Waals surface area contributed by atoms with Gasteiger partial charge in [-0.1, -0.05) is 22.9 Å². The third-order valence-corrected chi connectivity index (χ3v) is 3.89. The quantitative estimate of drug-likeness (QED) is 0.781. The molecule has 0 aliphatic carbocycles. The van der Waals surface area contributed by atoms with E-state index in [1.165, 1.54) is 0 Å². The number of pyridine rings is 1. The van der Waals surface area contributed by atoms with Gasteiger partial charge in [-0.3, -0.25) is 9.78 Å². The standard InChI is InChI=1S/C12H6Cl2N4OS/c13-7-3-4-8(6-2-1-5-15-9(6)7)16-10(19)11-17-18-12(14)20-11/h1-5H,(H,16,19). The molecule has 0 bridgehead atoms. The van der Waals surface area contributed by atoms with Crippen LogP contribution in [-0.2, 0) is 0 Å². The van der Waals surface area contributed by atoms with Crippen molar-refractivity contribution in [3.63, 3.8) is 0 Å². The summed E-state index contributed by atoms with van der Waals surface area (Å²) in [5, 5.41) is 11.5. The Kier molecular flexibility index (Phi) is 3.52. The van der Waals surface area contributed by atoms with Crippen LogP contribution in [0.2, 0.25) is 9.49 Å².